The van der Waals surface area contributed by atoms with Gasteiger partial charge in [0.25, 0.3) is 5.91 Å². The molecule has 0 unspecified atom stereocenters. The van der Waals surface area contributed by atoms with E-state index in [-0.39, 0.29) is 17.9 Å². The summed E-state index contributed by atoms with van der Waals surface area (Å²) in [6, 6.07) is 8.50. The van der Waals surface area contributed by atoms with Crippen molar-refractivity contribution in [3.63, 3.8) is 0 Å². The molecule has 12 heteroatoms. The first-order valence-corrected chi connectivity index (χ1v) is 13.8. The van der Waals surface area contributed by atoms with E-state index in [1.54, 1.807) is 29.2 Å². The van der Waals surface area contributed by atoms with Gasteiger partial charge in [0, 0.05) is 42.3 Å². The number of alkyl halides is 1. The average Bonchev–Trinajstić information content (AvgIpc) is 3.61. The number of aromatic amines is 1. The first kappa shape index (κ1) is 27.2. The fourth-order valence-corrected chi connectivity index (χ4v) is 4.99. The predicted molar refractivity (Wildman–Crippen MR) is 155 cm³/mol. The van der Waals surface area contributed by atoms with Crippen LogP contribution in [-0.4, -0.2) is 62.2 Å². The number of H-pyrrole nitrogens is 1. The molecule has 1 aliphatic heterocycles. The topological polar surface area (TPSA) is 116 Å². The molecule has 3 heterocycles. The van der Waals surface area contributed by atoms with Crippen LogP contribution in [-0.2, 0) is 4.79 Å². The van der Waals surface area contributed by atoms with Gasteiger partial charge in [-0.05, 0) is 43.2 Å². The van der Waals surface area contributed by atoms with Crippen LogP contribution in [0.15, 0.2) is 48.8 Å². The first-order valence-electron chi connectivity index (χ1n) is 12.6. The molecule has 0 saturated heterocycles. The average molecular weight is 587 g/mol. The lowest BCUT2D eigenvalue weighted by molar-refractivity contribution is -0.121. The zero-order valence-corrected chi connectivity index (χ0v) is 23.2. The van der Waals surface area contributed by atoms with Gasteiger partial charge < -0.3 is 20.5 Å². The summed E-state index contributed by atoms with van der Waals surface area (Å²) in [6.45, 7) is 1.51. The highest BCUT2D eigenvalue weighted by Gasteiger charge is 2.22. The van der Waals surface area contributed by atoms with Gasteiger partial charge in [0.15, 0.2) is 0 Å². The molecular formula is C27H26Cl3N7O2. The van der Waals surface area contributed by atoms with Gasteiger partial charge >= 0.3 is 0 Å². The fraction of sp³-hybridized carbons (Fsp3) is 0.296. The molecule has 0 spiro atoms. The Morgan fingerprint density at radius 3 is 2.69 bits per heavy atom. The van der Waals surface area contributed by atoms with Crippen molar-refractivity contribution in [3.05, 3.63) is 70.2 Å². The van der Waals surface area contributed by atoms with E-state index in [4.69, 9.17) is 39.8 Å². The summed E-state index contributed by atoms with van der Waals surface area (Å²) in [7, 11) is 0. The van der Waals surface area contributed by atoms with E-state index in [2.05, 4.69) is 25.6 Å². The number of benzene rings is 2. The zero-order valence-electron chi connectivity index (χ0n) is 20.9. The maximum absolute atomic E-state index is 13.0. The number of amides is 2. The van der Waals surface area contributed by atoms with Gasteiger partial charge in [0.1, 0.15) is 18.0 Å². The summed E-state index contributed by atoms with van der Waals surface area (Å²) < 4.78 is 0. The summed E-state index contributed by atoms with van der Waals surface area (Å²) in [5, 5.41) is 7.95. The number of anilines is 1. The molecule has 0 bridgehead atoms. The fourth-order valence-electron chi connectivity index (χ4n) is 4.45. The summed E-state index contributed by atoms with van der Waals surface area (Å²) >= 11 is 18.5. The number of halogens is 3. The summed E-state index contributed by atoms with van der Waals surface area (Å²) in [4.78, 5) is 43.8. The maximum Gasteiger partial charge on any atom is 0.256 e. The second kappa shape index (κ2) is 12.2. The van der Waals surface area contributed by atoms with Crippen LogP contribution in [0.5, 0.6) is 0 Å². The lowest BCUT2D eigenvalue weighted by atomic mass is 10.1. The molecule has 2 amide bonds. The number of hydrogen-bond donors (Lipinski definition) is 3. The van der Waals surface area contributed by atoms with Crippen LogP contribution >= 0.6 is 34.8 Å². The van der Waals surface area contributed by atoms with Crippen molar-refractivity contribution in [3.8, 4) is 0 Å². The van der Waals surface area contributed by atoms with Crippen LogP contribution in [0.4, 0.5) is 5.82 Å². The number of aromatic nitrogens is 4. The number of nitrogens with one attached hydrogen (secondary N) is 3. The minimum absolute atomic E-state index is 0.0598. The Morgan fingerprint density at radius 2 is 1.90 bits per heavy atom. The van der Waals surface area contributed by atoms with Crippen LogP contribution in [0.25, 0.3) is 21.9 Å². The number of carbonyl (C=O) groups excluding carboxylic acids is 2. The molecule has 2 aromatic heterocycles. The quantitative estimate of drug-likeness (QED) is 0.167. The Morgan fingerprint density at radius 1 is 1.08 bits per heavy atom. The largest absolute Gasteiger partial charge is 0.359 e. The van der Waals surface area contributed by atoms with Gasteiger partial charge in [-0.25, -0.2) is 15.0 Å². The van der Waals surface area contributed by atoms with E-state index < -0.39 is 0 Å². The number of hydrogen-bond acceptors (Lipinski definition) is 6. The number of carbonyl (C=O) groups is 2. The molecule has 0 radical (unpaired) electrons. The Labute approximate surface area is 239 Å². The maximum atomic E-state index is 13.0. The third kappa shape index (κ3) is 6.27. The highest BCUT2D eigenvalue weighted by molar-refractivity contribution is 6.35. The van der Waals surface area contributed by atoms with Crippen LogP contribution in [0.3, 0.4) is 0 Å². The molecule has 5 rings (SSSR count). The van der Waals surface area contributed by atoms with Crippen molar-refractivity contribution in [1.29, 1.82) is 0 Å². The smallest absolute Gasteiger partial charge is 0.256 e. The second-order valence-corrected chi connectivity index (χ2v) is 10.4. The van der Waals surface area contributed by atoms with Gasteiger partial charge in [-0.2, -0.15) is 0 Å². The van der Waals surface area contributed by atoms with E-state index in [0.29, 0.717) is 82.9 Å². The van der Waals surface area contributed by atoms with E-state index >= 15 is 0 Å². The predicted octanol–water partition coefficient (Wildman–Crippen LogP) is 5.50. The zero-order chi connectivity index (χ0) is 27.4. The number of fused-ring (bicyclic) bond motifs is 2. The molecule has 0 saturated carbocycles. The summed E-state index contributed by atoms with van der Waals surface area (Å²) in [6.07, 6.45) is 6.83. The van der Waals surface area contributed by atoms with Crippen LogP contribution in [0.2, 0.25) is 10.0 Å². The lowest BCUT2D eigenvalue weighted by Crippen LogP contribution is -2.28. The molecule has 0 fully saturated rings. The highest BCUT2D eigenvalue weighted by atomic mass is 35.5. The van der Waals surface area contributed by atoms with E-state index in [9.17, 15) is 9.59 Å². The Balaban J connectivity index is 1.43. The molecule has 39 heavy (non-hydrogen) atoms. The molecule has 9 nitrogen and oxygen atoms in total. The minimum Gasteiger partial charge on any atom is -0.359 e. The van der Waals surface area contributed by atoms with Crippen molar-refractivity contribution in [2.75, 3.05) is 30.8 Å². The molecule has 202 valence electrons. The van der Waals surface area contributed by atoms with E-state index in [1.165, 1.54) is 6.33 Å². The van der Waals surface area contributed by atoms with Crippen molar-refractivity contribution in [2.45, 2.75) is 25.3 Å². The Bertz CT molecular complexity index is 1550. The second-order valence-electron chi connectivity index (χ2n) is 9.16. The molecule has 1 aliphatic rings. The monoisotopic (exact) mass is 585 g/mol. The van der Waals surface area contributed by atoms with Gasteiger partial charge in [-0.3, -0.25) is 9.59 Å². The minimum atomic E-state index is -0.349. The van der Waals surface area contributed by atoms with Crippen molar-refractivity contribution >= 4 is 74.4 Å². The standard InChI is InChI=1S/C27H26Cl3N7O2/c28-8-3-4-24(38)31-9-7-21(26-34-20-6-5-16(29)12-23(20)36-26)35-25-18-13-19(30)17(14-22(18)32-15-33-25)27(39)37-10-1-2-11-37/h1-2,5-6,12-15,21H,3-4,7-11H2,(H,31,38)(H,34,36)(H,32,33,35)/t21-/m0/s1. The molecule has 0 aliphatic carbocycles. The van der Waals surface area contributed by atoms with Gasteiger partial charge in [-0.15, -0.1) is 11.6 Å². The Hall–Kier alpha value is -3.40. The van der Waals surface area contributed by atoms with Crippen LogP contribution in [0.1, 0.15) is 41.5 Å². The molecule has 2 aromatic carbocycles. The summed E-state index contributed by atoms with van der Waals surface area (Å²) in [5.74, 6) is 1.42. The van der Waals surface area contributed by atoms with Crippen molar-refractivity contribution < 1.29 is 9.59 Å². The van der Waals surface area contributed by atoms with Crippen molar-refractivity contribution in [2.24, 2.45) is 0 Å². The summed E-state index contributed by atoms with van der Waals surface area (Å²) in [5.41, 5.74) is 2.54. The lowest BCUT2D eigenvalue weighted by Gasteiger charge is -2.20. The molecule has 3 N–H and O–H groups in total. The van der Waals surface area contributed by atoms with Gasteiger partial charge in [0.05, 0.1) is 33.2 Å². The molecule has 1 atom stereocenters. The van der Waals surface area contributed by atoms with Gasteiger partial charge in [0.2, 0.25) is 5.91 Å². The van der Waals surface area contributed by atoms with E-state index in [0.717, 1.165) is 11.0 Å². The van der Waals surface area contributed by atoms with Crippen LogP contribution < -0.4 is 10.6 Å². The van der Waals surface area contributed by atoms with Crippen LogP contribution in [0, 0.1) is 0 Å². The number of nitrogens with zero attached hydrogens (tertiary/aromatic N) is 4. The number of imidazole rings is 1. The molecular weight excluding hydrogens is 561 g/mol. The first-order chi connectivity index (χ1) is 18.9. The third-order valence-electron chi connectivity index (χ3n) is 6.46. The van der Waals surface area contributed by atoms with Gasteiger partial charge in [-0.1, -0.05) is 35.4 Å². The normalized spacial score (nSPS) is 13.8. The Kier molecular flexibility index (Phi) is 8.50. The molecule has 4 aromatic rings. The SMILES string of the molecule is O=C(CCCCl)NCC[C@H](Nc1ncnc2cc(C(=O)N3CC=CC3)c(Cl)cc12)c1nc2cc(Cl)ccc2[nH]1. The van der Waals surface area contributed by atoms with Crippen molar-refractivity contribution in [1.82, 2.24) is 30.2 Å². The van der Waals surface area contributed by atoms with E-state index in [1.807, 2.05) is 18.2 Å². The highest BCUT2D eigenvalue weighted by Crippen LogP contribution is 2.31. The number of rotatable bonds is 10. The third-order valence-corrected chi connectivity index (χ3v) is 7.27.